The van der Waals surface area contributed by atoms with E-state index in [1.807, 2.05) is 37.2 Å². The highest BCUT2D eigenvalue weighted by atomic mass is 32.1. The van der Waals surface area contributed by atoms with Crippen LogP contribution in [0, 0.1) is 11.3 Å². The highest BCUT2D eigenvalue weighted by molar-refractivity contribution is 7.18. The van der Waals surface area contributed by atoms with Gasteiger partial charge >= 0.3 is 0 Å². The first kappa shape index (κ1) is 17.9. The second-order valence-corrected chi connectivity index (χ2v) is 8.40. The molecule has 0 spiro atoms. The van der Waals surface area contributed by atoms with Crippen molar-refractivity contribution in [2.45, 2.75) is 38.8 Å². The molecule has 0 saturated carbocycles. The quantitative estimate of drug-likeness (QED) is 0.699. The minimum atomic E-state index is 0.0315. The lowest BCUT2D eigenvalue weighted by Crippen LogP contribution is -2.29. The summed E-state index contributed by atoms with van der Waals surface area (Å²) >= 11 is 1.68. The van der Waals surface area contributed by atoms with Gasteiger partial charge in [0.1, 0.15) is 10.7 Å². The van der Waals surface area contributed by atoms with E-state index in [0.717, 1.165) is 40.9 Å². The zero-order valence-corrected chi connectivity index (χ0v) is 16.5. The fourth-order valence-corrected chi connectivity index (χ4v) is 5.06. The lowest BCUT2D eigenvalue weighted by Gasteiger charge is -2.17. The Hall–Kier alpha value is -2.49. The van der Waals surface area contributed by atoms with Gasteiger partial charge in [0.05, 0.1) is 30.1 Å². The maximum atomic E-state index is 13.5. The van der Waals surface area contributed by atoms with Crippen LogP contribution in [0.5, 0.6) is 0 Å². The van der Waals surface area contributed by atoms with Gasteiger partial charge in [-0.05, 0) is 57.0 Å². The van der Waals surface area contributed by atoms with E-state index in [2.05, 4.69) is 6.07 Å². The van der Waals surface area contributed by atoms with E-state index in [0.29, 0.717) is 18.7 Å². The number of aryl methyl sites for hydroxylation is 2. The summed E-state index contributed by atoms with van der Waals surface area (Å²) in [6.07, 6.45) is 4.34. The van der Waals surface area contributed by atoms with Crippen molar-refractivity contribution < 1.29 is 0 Å². The Morgan fingerprint density at radius 1 is 1.26 bits per heavy atom. The van der Waals surface area contributed by atoms with Crippen molar-refractivity contribution >= 4 is 21.6 Å². The minimum absolute atomic E-state index is 0.0315. The molecule has 27 heavy (non-hydrogen) atoms. The van der Waals surface area contributed by atoms with Crippen molar-refractivity contribution in [1.29, 1.82) is 5.26 Å². The highest BCUT2D eigenvalue weighted by Crippen LogP contribution is 2.34. The summed E-state index contributed by atoms with van der Waals surface area (Å²) in [6.45, 7) is 0.960. The highest BCUT2D eigenvalue weighted by Gasteiger charge is 2.22. The van der Waals surface area contributed by atoms with Gasteiger partial charge in [0, 0.05) is 4.88 Å². The molecule has 4 rings (SSSR count). The van der Waals surface area contributed by atoms with E-state index in [-0.39, 0.29) is 5.56 Å². The van der Waals surface area contributed by atoms with Gasteiger partial charge < -0.3 is 4.90 Å². The normalized spacial score (nSPS) is 13.7. The third kappa shape index (κ3) is 3.29. The van der Waals surface area contributed by atoms with Crippen molar-refractivity contribution in [3.63, 3.8) is 0 Å². The Kier molecular flexibility index (Phi) is 4.81. The number of hydrogen-bond acceptors (Lipinski definition) is 5. The Morgan fingerprint density at radius 3 is 2.81 bits per heavy atom. The summed E-state index contributed by atoms with van der Waals surface area (Å²) in [5.74, 6) is 0.754. The Labute approximate surface area is 162 Å². The summed E-state index contributed by atoms with van der Waals surface area (Å²) in [4.78, 5) is 22.6. The van der Waals surface area contributed by atoms with Gasteiger partial charge in [-0.25, -0.2) is 4.98 Å². The van der Waals surface area contributed by atoms with Gasteiger partial charge in [0.15, 0.2) is 0 Å². The van der Waals surface area contributed by atoms with Crippen LogP contribution in [0.1, 0.15) is 40.2 Å². The van der Waals surface area contributed by atoms with Gasteiger partial charge in [0.2, 0.25) is 0 Å². The number of rotatable bonds is 4. The summed E-state index contributed by atoms with van der Waals surface area (Å²) in [7, 11) is 3.95. The van der Waals surface area contributed by atoms with Crippen LogP contribution in [-0.2, 0) is 25.9 Å². The Bertz CT molecular complexity index is 1100. The molecule has 1 aliphatic rings. The molecule has 1 aromatic carbocycles. The summed E-state index contributed by atoms with van der Waals surface area (Å²) in [5.41, 5.74) is 2.70. The topological polar surface area (TPSA) is 61.9 Å². The van der Waals surface area contributed by atoms with Crippen molar-refractivity contribution in [2.24, 2.45) is 0 Å². The number of benzene rings is 1. The van der Waals surface area contributed by atoms with Crippen molar-refractivity contribution in [2.75, 3.05) is 14.1 Å². The van der Waals surface area contributed by atoms with Crippen LogP contribution in [0.15, 0.2) is 29.1 Å². The molecule has 0 radical (unpaired) electrons. The maximum absolute atomic E-state index is 13.5. The fourth-order valence-electron chi connectivity index (χ4n) is 3.78. The Balaban J connectivity index is 1.92. The maximum Gasteiger partial charge on any atom is 0.262 e. The molecule has 0 aliphatic heterocycles. The van der Waals surface area contributed by atoms with Crippen LogP contribution in [-0.4, -0.2) is 28.5 Å². The van der Waals surface area contributed by atoms with Crippen molar-refractivity contribution in [1.82, 2.24) is 14.5 Å². The van der Waals surface area contributed by atoms with E-state index in [9.17, 15) is 10.1 Å². The number of thiophene rings is 1. The molecule has 2 heterocycles. The van der Waals surface area contributed by atoms with Crippen LogP contribution < -0.4 is 5.56 Å². The number of hydrogen-bond donors (Lipinski definition) is 0. The van der Waals surface area contributed by atoms with Gasteiger partial charge in [-0.15, -0.1) is 11.3 Å². The molecule has 6 heteroatoms. The van der Waals surface area contributed by atoms with Gasteiger partial charge in [-0.3, -0.25) is 9.36 Å². The third-order valence-electron chi connectivity index (χ3n) is 5.08. The number of fused-ring (bicyclic) bond motifs is 3. The molecule has 0 N–H and O–H groups in total. The van der Waals surface area contributed by atoms with Gasteiger partial charge in [-0.1, -0.05) is 18.2 Å². The predicted octanol–water partition coefficient (Wildman–Crippen LogP) is 3.32. The first-order chi connectivity index (χ1) is 13.1. The largest absolute Gasteiger partial charge is 0.302 e. The van der Waals surface area contributed by atoms with E-state index in [4.69, 9.17) is 4.98 Å². The van der Waals surface area contributed by atoms with Crippen LogP contribution in [0.25, 0.3) is 10.2 Å². The SMILES string of the molecule is CN(C)Cc1nc2sc3c(c2c(=O)n1Cc1ccccc1C#N)CCCC3. The molecule has 138 valence electrons. The summed E-state index contributed by atoms with van der Waals surface area (Å²) in [6, 6.07) is 9.70. The average Bonchev–Trinajstić information content (AvgIpc) is 3.03. The molecule has 0 unspecified atom stereocenters. The predicted molar refractivity (Wildman–Crippen MR) is 108 cm³/mol. The number of nitrogens with zero attached hydrogens (tertiary/aromatic N) is 4. The first-order valence-electron chi connectivity index (χ1n) is 9.25. The lowest BCUT2D eigenvalue weighted by atomic mass is 9.97. The van der Waals surface area contributed by atoms with E-state index in [1.165, 1.54) is 16.9 Å². The minimum Gasteiger partial charge on any atom is -0.302 e. The number of aromatic nitrogens is 2. The summed E-state index contributed by atoms with van der Waals surface area (Å²) in [5, 5.41) is 10.2. The molecule has 3 aromatic rings. The smallest absolute Gasteiger partial charge is 0.262 e. The molecule has 0 bridgehead atoms. The van der Waals surface area contributed by atoms with Crippen LogP contribution in [0.4, 0.5) is 0 Å². The van der Waals surface area contributed by atoms with Crippen LogP contribution in [0.2, 0.25) is 0 Å². The third-order valence-corrected chi connectivity index (χ3v) is 6.26. The van der Waals surface area contributed by atoms with Crippen LogP contribution in [0.3, 0.4) is 0 Å². The molecular weight excluding hydrogens is 356 g/mol. The monoisotopic (exact) mass is 378 g/mol. The molecule has 1 aliphatic carbocycles. The van der Waals surface area contributed by atoms with E-state index < -0.39 is 0 Å². The second kappa shape index (κ2) is 7.26. The molecule has 0 fully saturated rings. The van der Waals surface area contributed by atoms with E-state index in [1.54, 1.807) is 22.0 Å². The van der Waals surface area contributed by atoms with Crippen LogP contribution >= 0.6 is 11.3 Å². The molecular formula is C21H22N4OS. The zero-order valence-electron chi connectivity index (χ0n) is 15.7. The molecule has 0 atom stereocenters. The second-order valence-electron chi connectivity index (χ2n) is 7.32. The van der Waals surface area contributed by atoms with E-state index >= 15 is 0 Å². The molecule has 2 aromatic heterocycles. The van der Waals surface area contributed by atoms with Crippen molar-refractivity contribution in [3.8, 4) is 6.07 Å². The molecule has 5 nitrogen and oxygen atoms in total. The fraction of sp³-hybridized carbons (Fsp3) is 0.381. The number of nitriles is 1. The summed E-state index contributed by atoms with van der Waals surface area (Å²) < 4.78 is 1.76. The first-order valence-corrected chi connectivity index (χ1v) is 10.1. The molecule has 0 amide bonds. The average molecular weight is 379 g/mol. The standard InChI is InChI=1S/C21H22N4OS/c1-24(2)13-18-23-20-19(16-9-5-6-10-17(16)27-20)21(26)25(18)12-15-8-4-3-7-14(15)11-22/h3-4,7-8H,5-6,9-10,12-13H2,1-2H3. The Morgan fingerprint density at radius 2 is 2.04 bits per heavy atom. The van der Waals surface area contributed by atoms with Gasteiger partial charge in [0.25, 0.3) is 5.56 Å². The molecule has 0 saturated heterocycles. The van der Waals surface area contributed by atoms with Gasteiger partial charge in [-0.2, -0.15) is 5.26 Å². The lowest BCUT2D eigenvalue weighted by molar-refractivity contribution is 0.379. The zero-order chi connectivity index (χ0) is 19.0. The van der Waals surface area contributed by atoms with Crippen molar-refractivity contribution in [3.05, 3.63) is 62.0 Å².